The molecule has 1 atom stereocenters. The Morgan fingerprint density at radius 3 is 2.52 bits per heavy atom. The second-order valence-electron chi connectivity index (χ2n) is 6.14. The number of hydrogen-bond donors (Lipinski definition) is 0. The first-order valence-corrected chi connectivity index (χ1v) is 8.38. The van der Waals surface area contributed by atoms with Crippen molar-refractivity contribution in [2.24, 2.45) is 0 Å². The molecule has 0 amide bonds. The standard InChI is InChI=1S/C21H17NO5/c1-25-19-10-8-14(11-20(19)26-2)21-17(22(23)24)12-16-15-6-4-3-5-13(15)7-9-18(16)27-21/h3-12,21H,1-2H3. The molecule has 0 aromatic heterocycles. The average molecular weight is 363 g/mol. The lowest BCUT2D eigenvalue weighted by atomic mass is 9.97. The summed E-state index contributed by atoms with van der Waals surface area (Å²) >= 11 is 0. The van der Waals surface area contributed by atoms with Gasteiger partial charge in [0.2, 0.25) is 6.10 Å². The van der Waals surface area contributed by atoms with Crippen molar-refractivity contribution in [3.63, 3.8) is 0 Å². The van der Waals surface area contributed by atoms with Crippen LogP contribution in [0.15, 0.2) is 60.3 Å². The molecule has 0 bridgehead atoms. The molecule has 0 aliphatic carbocycles. The van der Waals surface area contributed by atoms with Crippen molar-refractivity contribution in [3.8, 4) is 17.2 Å². The first-order chi connectivity index (χ1) is 13.1. The molecule has 0 saturated heterocycles. The van der Waals surface area contributed by atoms with Gasteiger partial charge in [0.1, 0.15) is 5.75 Å². The zero-order valence-corrected chi connectivity index (χ0v) is 14.8. The predicted octanol–water partition coefficient (Wildman–Crippen LogP) is 4.61. The highest BCUT2D eigenvalue weighted by atomic mass is 16.6. The summed E-state index contributed by atoms with van der Waals surface area (Å²) in [4.78, 5) is 11.4. The minimum Gasteiger partial charge on any atom is -0.493 e. The molecule has 1 heterocycles. The first-order valence-electron chi connectivity index (χ1n) is 8.38. The van der Waals surface area contributed by atoms with Crippen LogP contribution in [0.3, 0.4) is 0 Å². The molecule has 1 aliphatic heterocycles. The molecule has 6 heteroatoms. The minimum absolute atomic E-state index is 0.0222. The molecular formula is C21H17NO5. The third-order valence-electron chi connectivity index (χ3n) is 4.66. The van der Waals surface area contributed by atoms with Crippen molar-refractivity contribution >= 4 is 16.8 Å². The molecule has 3 aromatic carbocycles. The maximum Gasteiger partial charge on any atom is 0.291 e. The van der Waals surface area contributed by atoms with Gasteiger partial charge in [0.15, 0.2) is 11.5 Å². The second kappa shape index (κ2) is 6.64. The summed E-state index contributed by atoms with van der Waals surface area (Å²) in [6.07, 6.45) is 0.760. The maximum absolute atomic E-state index is 11.8. The van der Waals surface area contributed by atoms with Crippen LogP contribution in [0.25, 0.3) is 16.8 Å². The number of nitrogens with zero attached hydrogens (tertiary/aromatic N) is 1. The molecule has 27 heavy (non-hydrogen) atoms. The molecule has 0 spiro atoms. The molecule has 4 rings (SSSR count). The number of ether oxygens (including phenoxy) is 3. The number of benzene rings is 3. The smallest absolute Gasteiger partial charge is 0.291 e. The Morgan fingerprint density at radius 2 is 1.78 bits per heavy atom. The van der Waals surface area contributed by atoms with Crippen LogP contribution in [0.2, 0.25) is 0 Å². The van der Waals surface area contributed by atoms with E-state index in [1.807, 2.05) is 36.4 Å². The predicted molar refractivity (Wildman–Crippen MR) is 102 cm³/mol. The van der Waals surface area contributed by atoms with Gasteiger partial charge in [0, 0.05) is 17.2 Å². The summed E-state index contributed by atoms with van der Waals surface area (Å²) in [5, 5.41) is 13.7. The van der Waals surface area contributed by atoms with Crippen LogP contribution in [0.1, 0.15) is 17.2 Å². The third kappa shape index (κ3) is 2.85. The number of hydrogen-bond acceptors (Lipinski definition) is 5. The average Bonchev–Trinajstić information content (AvgIpc) is 2.72. The molecule has 6 nitrogen and oxygen atoms in total. The fraction of sp³-hybridized carbons (Fsp3) is 0.143. The summed E-state index contributed by atoms with van der Waals surface area (Å²) < 4.78 is 16.6. The molecule has 3 aromatic rings. The third-order valence-corrected chi connectivity index (χ3v) is 4.66. The van der Waals surface area contributed by atoms with Crippen molar-refractivity contribution in [2.45, 2.75) is 6.10 Å². The molecule has 136 valence electrons. The van der Waals surface area contributed by atoms with Gasteiger partial charge in [0.05, 0.1) is 19.1 Å². The van der Waals surface area contributed by atoms with Crippen LogP contribution in [0, 0.1) is 10.1 Å². The van der Waals surface area contributed by atoms with Gasteiger partial charge in [-0.15, -0.1) is 0 Å². The first kappa shape index (κ1) is 16.9. The fourth-order valence-electron chi connectivity index (χ4n) is 3.34. The summed E-state index contributed by atoms with van der Waals surface area (Å²) in [6, 6.07) is 16.7. The zero-order chi connectivity index (χ0) is 19.0. The van der Waals surface area contributed by atoms with Gasteiger partial charge in [-0.3, -0.25) is 10.1 Å². The monoisotopic (exact) mass is 363 g/mol. The summed E-state index contributed by atoms with van der Waals surface area (Å²) in [7, 11) is 3.06. The quantitative estimate of drug-likeness (QED) is 0.500. The molecule has 0 N–H and O–H groups in total. The number of rotatable bonds is 4. The normalized spacial score (nSPS) is 15.5. The van der Waals surface area contributed by atoms with Gasteiger partial charge in [-0.05, 0) is 29.0 Å². The van der Waals surface area contributed by atoms with Crippen LogP contribution in [0.4, 0.5) is 0 Å². The Kier molecular flexibility index (Phi) is 4.16. The van der Waals surface area contributed by atoms with Gasteiger partial charge in [-0.25, -0.2) is 0 Å². The Labute approximate surface area is 155 Å². The SMILES string of the molecule is COc1ccc(C2Oc3ccc4ccccc4c3C=C2[N+](=O)[O-])cc1OC. The van der Waals surface area contributed by atoms with Crippen molar-refractivity contribution in [3.05, 3.63) is 81.5 Å². The highest BCUT2D eigenvalue weighted by Gasteiger charge is 2.34. The van der Waals surface area contributed by atoms with E-state index in [0.29, 0.717) is 22.8 Å². The molecular weight excluding hydrogens is 346 g/mol. The van der Waals surface area contributed by atoms with Gasteiger partial charge >= 0.3 is 0 Å². The number of fused-ring (bicyclic) bond motifs is 3. The topological polar surface area (TPSA) is 70.8 Å². The van der Waals surface area contributed by atoms with E-state index in [1.165, 1.54) is 7.11 Å². The second-order valence-corrected chi connectivity index (χ2v) is 6.14. The van der Waals surface area contributed by atoms with Crippen molar-refractivity contribution in [1.82, 2.24) is 0 Å². The van der Waals surface area contributed by atoms with Gasteiger partial charge < -0.3 is 14.2 Å². The van der Waals surface area contributed by atoms with E-state index in [2.05, 4.69) is 0 Å². The minimum atomic E-state index is -0.839. The molecule has 0 radical (unpaired) electrons. The molecule has 1 unspecified atom stereocenters. The van der Waals surface area contributed by atoms with E-state index in [4.69, 9.17) is 14.2 Å². The molecule has 1 aliphatic rings. The van der Waals surface area contributed by atoms with Crippen LogP contribution in [-0.4, -0.2) is 19.1 Å². The molecule has 0 saturated carbocycles. The maximum atomic E-state index is 11.8. The van der Waals surface area contributed by atoms with E-state index in [1.54, 1.807) is 31.4 Å². The van der Waals surface area contributed by atoms with Crippen molar-refractivity contribution in [1.29, 1.82) is 0 Å². The van der Waals surface area contributed by atoms with Gasteiger partial charge in [-0.2, -0.15) is 0 Å². The summed E-state index contributed by atoms with van der Waals surface area (Å²) in [6.45, 7) is 0. The van der Waals surface area contributed by atoms with Gasteiger partial charge in [0.25, 0.3) is 5.70 Å². The van der Waals surface area contributed by atoms with E-state index >= 15 is 0 Å². The van der Waals surface area contributed by atoms with E-state index in [-0.39, 0.29) is 5.70 Å². The molecule has 0 fully saturated rings. The van der Waals surface area contributed by atoms with E-state index in [9.17, 15) is 10.1 Å². The lowest BCUT2D eigenvalue weighted by Gasteiger charge is -2.24. The Hall–Kier alpha value is -3.54. The zero-order valence-electron chi connectivity index (χ0n) is 14.8. The number of nitro groups is 1. The lowest BCUT2D eigenvalue weighted by molar-refractivity contribution is -0.434. The van der Waals surface area contributed by atoms with Crippen LogP contribution < -0.4 is 14.2 Å². The highest BCUT2D eigenvalue weighted by Crippen LogP contribution is 2.42. The number of methoxy groups -OCH3 is 2. The summed E-state index contributed by atoms with van der Waals surface area (Å²) in [5.41, 5.74) is 1.32. The fourth-order valence-corrected chi connectivity index (χ4v) is 3.34. The van der Waals surface area contributed by atoms with Crippen molar-refractivity contribution in [2.75, 3.05) is 14.2 Å². The largest absolute Gasteiger partial charge is 0.493 e. The Balaban J connectivity index is 1.86. The Bertz CT molecular complexity index is 1070. The van der Waals surface area contributed by atoms with Crippen molar-refractivity contribution < 1.29 is 19.1 Å². The lowest BCUT2D eigenvalue weighted by Crippen LogP contribution is -2.20. The van der Waals surface area contributed by atoms with Crippen LogP contribution >= 0.6 is 0 Å². The van der Waals surface area contributed by atoms with E-state index < -0.39 is 11.0 Å². The van der Waals surface area contributed by atoms with Crippen LogP contribution in [-0.2, 0) is 0 Å². The highest BCUT2D eigenvalue weighted by molar-refractivity contribution is 5.93. The van der Waals surface area contributed by atoms with Gasteiger partial charge in [-0.1, -0.05) is 36.4 Å². The Morgan fingerprint density at radius 1 is 1.00 bits per heavy atom. The van der Waals surface area contributed by atoms with E-state index in [0.717, 1.165) is 16.3 Å². The summed E-state index contributed by atoms with van der Waals surface area (Å²) in [5.74, 6) is 1.65. The van der Waals surface area contributed by atoms with Crippen LogP contribution in [0.5, 0.6) is 17.2 Å².